The zero-order valence-electron chi connectivity index (χ0n) is 13.0. The maximum Gasteiger partial charge on any atom is 0.0456 e. The summed E-state index contributed by atoms with van der Waals surface area (Å²) in [6.07, 6.45) is 2.42. The molecule has 3 heteroatoms. The molecule has 1 nitrogen and oxygen atoms in total. The lowest BCUT2D eigenvalue weighted by atomic mass is 9.84. The molecule has 114 valence electrons. The van der Waals surface area contributed by atoms with Crippen molar-refractivity contribution in [1.29, 1.82) is 0 Å². The van der Waals surface area contributed by atoms with E-state index in [4.69, 9.17) is 23.2 Å². The molecule has 20 heavy (non-hydrogen) atoms. The first-order valence-corrected chi connectivity index (χ1v) is 8.36. The second-order valence-electron chi connectivity index (χ2n) is 6.09. The molecule has 0 amide bonds. The fourth-order valence-corrected chi connectivity index (χ4v) is 3.15. The maximum absolute atomic E-state index is 6.40. The minimum atomic E-state index is 0.443. The van der Waals surface area contributed by atoms with Gasteiger partial charge in [0.2, 0.25) is 0 Å². The smallest absolute Gasteiger partial charge is 0.0456 e. The molecule has 1 aromatic rings. The van der Waals surface area contributed by atoms with Gasteiger partial charge in [-0.15, -0.1) is 0 Å². The maximum atomic E-state index is 6.40. The highest BCUT2D eigenvalue weighted by molar-refractivity contribution is 6.35. The molecule has 1 N–H and O–H groups in total. The highest BCUT2D eigenvalue weighted by Crippen LogP contribution is 2.33. The van der Waals surface area contributed by atoms with Crippen LogP contribution in [0.2, 0.25) is 10.0 Å². The van der Waals surface area contributed by atoms with E-state index in [0.717, 1.165) is 18.1 Å². The van der Waals surface area contributed by atoms with E-state index in [1.165, 1.54) is 18.4 Å². The second kappa shape index (κ2) is 8.92. The van der Waals surface area contributed by atoms with Crippen LogP contribution < -0.4 is 5.32 Å². The van der Waals surface area contributed by atoms with Crippen LogP contribution in [-0.2, 0) is 0 Å². The molecule has 1 rings (SSSR count). The number of halogens is 2. The highest BCUT2D eigenvalue weighted by atomic mass is 35.5. The molecule has 2 unspecified atom stereocenters. The van der Waals surface area contributed by atoms with Crippen LogP contribution in [0.15, 0.2) is 18.2 Å². The van der Waals surface area contributed by atoms with Gasteiger partial charge in [0.1, 0.15) is 0 Å². The van der Waals surface area contributed by atoms with Gasteiger partial charge in [-0.05, 0) is 36.1 Å². The van der Waals surface area contributed by atoms with Gasteiger partial charge in [0.25, 0.3) is 0 Å². The molecule has 0 spiro atoms. The van der Waals surface area contributed by atoms with Crippen LogP contribution in [0.1, 0.15) is 52.0 Å². The largest absolute Gasteiger partial charge is 0.316 e. The molecule has 0 aliphatic rings. The van der Waals surface area contributed by atoms with E-state index in [0.29, 0.717) is 22.8 Å². The van der Waals surface area contributed by atoms with Crippen molar-refractivity contribution in [2.75, 3.05) is 13.1 Å². The molecule has 0 heterocycles. The van der Waals surface area contributed by atoms with Gasteiger partial charge in [-0.3, -0.25) is 0 Å². The minimum Gasteiger partial charge on any atom is -0.316 e. The van der Waals surface area contributed by atoms with Crippen molar-refractivity contribution in [2.45, 2.75) is 46.5 Å². The summed E-state index contributed by atoms with van der Waals surface area (Å²) >= 11 is 12.4. The van der Waals surface area contributed by atoms with E-state index in [2.05, 4.69) is 39.1 Å². The Hall–Kier alpha value is -0.240. The molecule has 0 saturated heterocycles. The Morgan fingerprint density at radius 3 is 2.35 bits per heavy atom. The fraction of sp³-hybridized carbons (Fsp3) is 0.647. The van der Waals surface area contributed by atoms with Gasteiger partial charge in [-0.2, -0.15) is 0 Å². The first-order valence-electron chi connectivity index (χ1n) is 7.61. The standard InChI is InChI=1S/C17H27Cl2N/c1-5-6-13(4)16(11-20-10-12(2)3)15-8-7-14(18)9-17(15)19/h7-9,12-13,16,20H,5-6,10-11H2,1-4H3. The van der Waals surface area contributed by atoms with Crippen molar-refractivity contribution in [2.24, 2.45) is 11.8 Å². The van der Waals surface area contributed by atoms with Crippen molar-refractivity contribution in [3.05, 3.63) is 33.8 Å². The number of nitrogens with one attached hydrogen (secondary N) is 1. The average molecular weight is 316 g/mol. The summed E-state index contributed by atoms with van der Waals surface area (Å²) in [6, 6.07) is 5.88. The summed E-state index contributed by atoms with van der Waals surface area (Å²) in [5, 5.41) is 5.07. The van der Waals surface area contributed by atoms with Crippen LogP contribution in [0.25, 0.3) is 0 Å². The van der Waals surface area contributed by atoms with Crippen molar-refractivity contribution >= 4 is 23.2 Å². The quantitative estimate of drug-likeness (QED) is 0.643. The lowest BCUT2D eigenvalue weighted by Crippen LogP contribution is -2.28. The molecule has 0 fully saturated rings. The Morgan fingerprint density at radius 2 is 1.80 bits per heavy atom. The monoisotopic (exact) mass is 315 g/mol. The zero-order chi connectivity index (χ0) is 15.1. The zero-order valence-corrected chi connectivity index (χ0v) is 14.6. The Bertz CT molecular complexity index is 404. The molecule has 2 atom stereocenters. The van der Waals surface area contributed by atoms with Crippen molar-refractivity contribution in [3.8, 4) is 0 Å². The Labute approximate surface area is 134 Å². The van der Waals surface area contributed by atoms with Crippen LogP contribution in [0.4, 0.5) is 0 Å². The van der Waals surface area contributed by atoms with Crippen LogP contribution >= 0.6 is 23.2 Å². The average Bonchev–Trinajstić information content (AvgIpc) is 2.35. The molecule has 0 radical (unpaired) electrons. The van der Waals surface area contributed by atoms with Gasteiger partial charge >= 0.3 is 0 Å². The van der Waals surface area contributed by atoms with Gasteiger partial charge in [-0.1, -0.05) is 69.8 Å². The third-order valence-electron chi connectivity index (χ3n) is 3.71. The Morgan fingerprint density at radius 1 is 1.10 bits per heavy atom. The van der Waals surface area contributed by atoms with E-state index in [1.807, 2.05) is 12.1 Å². The number of hydrogen-bond acceptors (Lipinski definition) is 1. The molecular weight excluding hydrogens is 289 g/mol. The molecule has 0 aliphatic heterocycles. The van der Waals surface area contributed by atoms with E-state index in [1.54, 1.807) is 0 Å². The van der Waals surface area contributed by atoms with E-state index in [-0.39, 0.29) is 0 Å². The first kappa shape index (κ1) is 17.8. The van der Waals surface area contributed by atoms with Crippen LogP contribution in [0.3, 0.4) is 0 Å². The molecule has 1 aromatic carbocycles. The SMILES string of the molecule is CCCC(C)C(CNCC(C)C)c1ccc(Cl)cc1Cl. The first-order chi connectivity index (χ1) is 9.45. The number of rotatable bonds is 8. The van der Waals surface area contributed by atoms with E-state index >= 15 is 0 Å². The predicted molar refractivity (Wildman–Crippen MR) is 91.0 cm³/mol. The van der Waals surface area contributed by atoms with Crippen LogP contribution in [0, 0.1) is 11.8 Å². The summed E-state index contributed by atoms with van der Waals surface area (Å²) in [5.41, 5.74) is 1.22. The summed E-state index contributed by atoms with van der Waals surface area (Å²) < 4.78 is 0. The minimum absolute atomic E-state index is 0.443. The normalized spacial score (nSPS) is 14.6. The molecule has 0 aliphatic carbocycles. The summed E-state index contributed by atoms with van der Waals surface area (Å²) in [5.74, 6) is 1.72. The molecular formula is C17H27Cl2N. The summed E-state index contributed by atoms with van der Waals surface area (Å²) in [7, 11) is 0. The summed E-state index contributed by atoms with van der Waals surface area (Å²) in [4.78, 5) is 0. The molecule has 0 aromatic heterocycles. The Kier molecular flexibility index (Phi) is 7.94. The van der Waals surface area contributed by atoms with E-state index in [9.17, 15) is 0 Å². The molecule has 0 saturated carbocycles. The van der Waals surface area contributed by atoms with Gasteiger partial charge in [0.15, 0.2) is 0 Å². The lowest BCUT2D eigenvalue weighted by molar-refractivity contribution is 0.394. The van der Waals surface area contributed by atoms with Crippen LogP contribution in [-0.4, -0.2) is 13.1 Å². The third kappa shape index (κ3) is 5.63. The summed E-state index contributed by atoms with van der Waals surface area (Å²) in [6.45, 7) is 11.0. The molecule has 0 bridgehead atoms. The number of hydrogen-bond donors (Lipinski definition) is 1. The number of benzene rings is 1. The second-order valence-corrected chi connectivity index (χ2v) is 6.93. The van der Waals surface area contributed by atoms with E-state index < -0.39 is 0 Å². The van der Waals surface area contributed by atoms with Crippen LogP contribution in [0.5, 0.6) is 0 Å². The van der Waals surface area contributed by atoms with Crippen molar-refractivity contribution < 1.29 is 0 Å². The van der Waals surface area contributed by atoms with Crippen molar-refractivity contribution in [3.63, 3.8) is 0 Å². The fourth-order valence-electron chi connectivity index (χ4n) is 2.60. The highest BCUT2D eigenvalue weighted by Gasteiger charge is 2.21. The van der Waals surface area contributed by atoms with Gasteiger partial charge < -0.3 is 5.32 Å². The Balaban J connectivity index is 2.85. The van der Waals surface area contributed by atoms with Gasteiger partial charge in [-0.25, -0.2) is 0 Å². The third-order valence-corrected chi connectivity index (χ3v) is 4.27. The van der Waals surface area contributed by atoms with Crippen molar-refractivity contribution in [1.82, 2.24) is 5.32 Å². The topological polar surface area (TPSA) is 12.0 Å². The predicted octanol–water partition coefficient (Wildman–Crippen LogP) is 5.76. The van der Waals surface area contributed by atoms with Gasteiger partial charge in [0.05, 0.1) is 0 Å². The lowest BCUT2D eigenvalue weighted by Gasteiger charge is -2.26. The van der Waals surface area contributed by atoms with Gasteiger partial charge in [0, 0.05) is 22.5 Å².